The Hall–Kier alpha value is -1.18. The fourth-order valence-corrected chi connectivity index (χ4v) is 2.52. The number of hydrogen-bond acceptors (Lipinski definition) is 1. The number of aryl methyl sites for hydroxylation is 1. The van der Waals surface area contributed by atoms with Crippen LogP contribution in [0.5, 0.6) is 5.75 Å². The Balaban J connectivity index is 2.21. The summed E-state index contributed by atoms with van der Waals surface area (Å²) in [5.41, 5.74) is 3.38. The highest BCUT2D eigenvalue weighted by atomic mass is 35.5. The van der Waals surface area contributed by atoms with E-state index in [2.05, 4.69) is 31.2 Å². The number of ether oxygens (including phenoxy) is 1. The van der Waals surface area contributed by atoms with Crippen molar-refractivity contribution in [3.05, 3.63) is 64.2 Å². The molecule has 0 heterocycles. The summed E-state index contributed by atoms with van der Waals surface area (Å²) in [6.45, 7) is 2.07. The minimum Gasteiger partial charge on any atom is -0.496 e. The molecule has 2 aromatic rings. The summed E-state index contributed by atoms with van der Waals surface area (Å²) in [6, 6.07) is 13.9. The fraction of sp³-hybridized carbons (Fsp3) is 0.250. The number of methoxy groups -OCH3 is 1. The molecule has 0 fully saturated rings. The molecule has 2 aromatic carbocycles. The second-order valence-electron chi connectivity index (χ2n) is 4.54. The van der Waals surface area contributed by atoms with E-state index in [0.717, 1.165) is 17.7 Å². The first-order chi connectivity index (χ1) is 9.10. The first-order valence-electron chi connectivity index (χ1n) is 6.13. The van der Waals surface area contributed by atoms with Crippen LogP contribution in [0.25, 0.3) is 0 Å². The molecule has 0 aliphatic heterocycles. The fourth-order valence-electron chi connectivity index (χ4n) is 1.99. The topological polar surface area (TPSA) is 9.23 Å². The van der Waals surface area contributed by atoms with Crippen LogP contribution in [-0.2, 0) is 6.42 Å². The Morgan fingerprint density at radius 3 is 2.42 bits per heavy atom. The second-order valence-corrected chi connectivity index (χ2v) is 5.51. The van der Waals surface area contributed by atoms with Gasteiger partial charge in [0.05, 0.1) is 12.5 Å². The van der Waals surface area contributed by atoms with Gasteiger partial charge in [0.25, 0.3) is 0 Å². The summed E-state index contributed by atoms with van der Waals surface area (Å²) in [5, 5.41) is 0.515. The number of benzene rings is 2. The van der Waals surface area contributed by atoms with Crippen molar-refractivity contribution >= 4 is 23.2 Å². The quantitative estimate of drug-likeness (QED) is 0.706. The van der Waals surface area contributed by atoms with Crippen molar-refractivity contribution < 1.29 is 4.74 Å². The molecule has 3 heteroatoms. The summed E-state index contributed by atoms with van der Waals surface area (Å²) < 4.78 is 5.34. The molecule has 0 aliphatic rings. The van der Waals surface area contributed by atoms with Gasteiger partial charge in [0.2, 0.25) is 0 Å². The Morgan fingerprint density at radius 2 is 1.79 bits per heavy atom. The summed E-state index contributed by atoms with van der Waals surface area (Å²) >= 11 is 12.5. The number of alkyl halides is 1. The third-order valence-corrected chi connectivity index (χ3v) is 3.69. The maximum Gasteiger partial charge on any atom is 0.123 e. The van der Waals surface area contributed by atoms with Crippen molar-refractivity contribution in [2.24, 2.45) is 0 Å². The molecule has 19 heavy (non-hydrogen) atoms. The standard InChI is InChI=1S/C16H16Cl2O/c1-11-3-5-12(6-4-11)9-15(18)14-10-13(17)7-8-16(14)19-2/h3-8,10,15H,9H2,1-2H3. The zero-order valence-corrected chi connectivity index (χ0v) is 12.5. The van der Waals surface area contributed by atoms with Gasteiger partial charge in [-0.15, -0.1) is 11.6 Å². The van der Waals surface area contributed by atoms with Crippen molar-refractivity contribution in [1.82, 2.24) is 0 Å². The first kappa shape index (κ1) is 14.2. The van der Waals surface area contributed by atoms with Crippen LogP contribution in [0.2, 0.25) is 5.02 Å². The molecule has 0 bridgehead atoms. The lowest BCUT2D eigenvalue weighted by atomic mass is 10.0. The van der Waals surface area contributed by atoms with E-state index in [0.29, 0.717) is 5.02 Å². The van der Waals surface area contributed by atoms with Crippen LogP contribution in [0.1, 0.15) is 22.1 Å². The van der Waals surface area contributed by atoms with Crippen LogP contribution in [0.3, 0.4) is 0 Å². The highest BCUT2D eigenvalue weighted by molar-refractivity contribution is 6.31. The molecule has 2 rings (SSSR count). The molecule has 100 valence electrons. The van der Waals surface area contributed by atoms with Crippen LogP contribution in [0, 0.1) is 6.92 Å². The third kappa shape index (κ3) is 3.65. The van der Waals surface area contributed by atoms with E-state index >= 15 is 0 Å². The normalized spacial score (nSPS) is 12.2. The van der Waals surface area contributed by atoms with E-state index < -0.39 is 0 Å². The van der Waals surface area contributed by atoms with Gasteiger partial charge in [0.1, 0.15) is 5.75 Å². The molecule has 0 N–H and O–H groups in total. The van der Waals surface area contributed by atoms with Gasteiger partial charge in [-0.05, 0) is 37.1 Å². The van der Waals surface area contributed by atoms with Crippen molar-refractivity contribution in [2.75, 3.05) is 7.11 Å². The molecule has 0 radical (unpaired) electrons. The van der Waals surface area contributed by atoms with Gasteiger partial charge in [0.15, 0.2) is 0 Å². The van der Waals surface area contributed by atoms with Gasteiger partial charge in [-0.25, -0.2) is 0 Å². The van der Waals surface area contributed by atoms with E-state index in [1.165, 1.54) is 11.1 Å². The lowest BCUT2D eigenvalue weighted by Crippen LogP contribution is -1.99. The Bertz CT molecular complexity index is 549. The second kappa shape index (κ2) is 6.31. The Kier molecular flexibility index (Phi) is 4.73. The van der Waals surface area contributed by atoms with E-state index in [4.69, 9.17) is 27.9 Å². The van der Waals surface area contributed by atoms with E-state index in [1.807, 2.05) is 12.1 Å². The van der Waals surface area contributed by atoms with Gasteiger partial charge in [-0.3, -0.25) is 0 Å². The zero-order valence-electron chi connectivity index (χ0n) is 11.0. The number of hydrogen-bond donors (Lipinski definition) is 0. The predicted octanol–water partition coefficient (Wildman–Crippen LogP) is 5.18. The van der Waals surface area contributed by atoms with E-state index in [-0.39, 0.29) is 5.38 Å². The van der Waals surface area contributed by atoms with Gasteiger partial charge >= 0.3 is 0 Å². The molecule has 1 nitrogen and oxygen atoms in total. The summed E-state index contributed by atoms with van der Waals surface area (Å²) in [5.74, 6) is 0.775. The van der Waals surface area contributed by atoms with Crippen molar-refractivity contribution in [1.29, 1.82) is 0 Å². The van der Waals surface area contributed by atoms with Crippen molar-refractivity contribution in [3.8, 4) is 5.75 Å². The van der Waals surface area contributed by atoms with E-state index in [9.17, 15) is 0 Å². The SMILES string of the molecule is COc1ccc(Cl)cc1C(Cl)Cc1ccc(C)cc1. The Morgan fingerprint density at radius 1 is 1.11 bits per heavy atom. The monoisotopic (exact) mass is 294 g/mol. The first-order valence-corrected chi connectivity index (χ1v) is 6.94. The minimum atomic E-state index is -0.156. The van der Waals surface area contributed by atoms with Gasteiger partial charge in [-0.2, -0.15) is 0 Å². The molecule has 0 saturated carbocycles. The zero-order chi connectivity index (χ0) is 13.8. The number of halogens is 2. The van der Waals surface area contributed by atoms with Crippen LogP contribution in [-0.4, -0.2) is 7.11 Å². The molecular formula is C16H16Cl2O. The molecule has 0 spiro atoms. The van der Waals surface area contributed by atoms with Crippen LogP contribution >= 0.6 is 23.2 Å². The molecule has 1 unspecified atom stereocenters. The summed E-state index contributed by atoms with van der Waals surface area (Å²) in [7, 11) is 1.64. The molecule has 0 aromatic heterocycles. The maximum atomic E-state index is 6.50. The summed E-state index contributed by atoms with van der Waals surface area (Å²) in [4.78, 5) is 0. The van der Waals surface area contributed by atoms with E-state index in [1.54, 1.807) is 13.2 Å². The van der Waals surface area contributed by atoms with Gasteiger partial charge < -0.3 is 4.74 Å². The highest BCUT2D eigenvalue weighted by Gasteiger charge is 2.14. The average molecular weight is 295 g/mol. The van der Waals surface area contributed by atoms with Gasteiger partial charge in [-0.1, -0.05) is 41.4 Å². The predicted molar refractivity (Wildman–Crippen MR) is 81.5 cm³/mol. The third-order valence-electron chi connectivity index (χ3n) is 3.06. The highest BCUT2D eigenvalue weighted by Crippen LogP contribution is 2.34. The average Bonchev–Trinajstić information content (AvgIpc) is 2.41. The lowest BCUT2D eigenvalue weighted by Gasteiger charge is -2.14. The summed E-state index contributed by atoms with van der Waals surface area (Å²) in [6.07, 6.45) is 0.749. The van der Waals surface area contributed by atoms with Crippen LogP contribution in [0.15, 0.2) is 42.5 Å². The van der Waals surface area contributed by atoms with Gasteiger partial charge in [0, 0.05) is 10.6 Å². The minimum absolute atomic E-state index is 0.156. The Labute approximate surface area is 124 Å². The molecule has 0 amide bonds. The number of rotatable bonds is 4. The molecule has 1 atom stereocenters. The maximum absolute atomic E-state index is 6.50. The molecular weight excluding hydrogens is 279 g/mol. The lowest BCUT2D eigenvalue weighted by molar-refractivity contribution is 0.409. The largest absolute Gasteiger partial charge is 0.496 e. The smallest absolute Gasteiger partial charge is 0.123 e. The van der Waals surface area contributed by atoms with Crippen molar-refractivity contribution in [3.63, 3.8) is 0 Å². The van der Waals surface area contributed by atoms with Crippen LogP contribution < -0.4 is 4.74 Å². The molecule has 0 aliphatic carbocycles. The van der Waals surface area contributed by atoms with Crippen LogP contribution in [0.4, 0.5) is 0 Å². The van der Waals surface area contributed by atoms with Crippen molar-refractivity contribution in [2.45, 2.75) is 18.7 Å². The molecule has 0 saturated heterocycles.